The minimum atomic E-state index is -0.673. The third-order valence-corrected chi connectivity index (χ3v) is 5.98. The van der Waals surface area contributed by atoms with E-state index >= 15 is 0 Å². The van der Waals surface area contributed by atoms with Gasteiger partial charge in [-0.05, 0) is 56.9 Å². The normalized spacial score (nSPS) is 19.6. The number of unbranched alkanes of at least 4 members (excludes halogenated alkanes) is 5. The van der Waals surface area contributed by atoms with Gasteiger partial charge in [0.2, 0.25) is 5.78 Å². The summed E-state index contributed by atoms with van der Waals surface area (Å²) in [6.07, 6.45) is 15.3. The second-order valence-corrected chi connectivity index (χ2v) is 8.44. The third-order valence-electron chi connectivity index (χ3n) is 5.98. The SMILES string of the molecule is C=CO.CCCCCCC(O)CCC[C@H]1CCC(=O)[C@@H]1CCCCC=C(O)C(=O)CO. The van der Waals surface area contributed by atoms with Gasteiger partial charge in [-0.1, -0.05) is 52.0 Å². The predicted molar refractivity (Wildman–Crippen MR) is 124 cm³/mol. The molecule has 1 aliphatic carbocycles. The van der Waals surface area contributed by atoms with Gasteiger partial charge in [-0.15, -0.1) is 0 Å². The summed E-state index contributed by atoms with van der Waals surface area (Å²) in [4.78, 5) is 23.3. The van der Waals surface area contributed by atoms with Crippen LogP contribution in [0.5, 0.6) is 0 Å². The van der Waals surface area contributed by atoms with Crippen molar-refractivity contribution in [2.45, 2.75) is 103 Å². The van der Waals surface area contributed by atoms with Crippen LogP contribution < -0.4 is 0 Å². The van der Waals surface area contributed by atoms with Crippen LogP contribution in [-0.4, -0.2) is 44.7 Å². The Hall–Kier alpha value is -1.66. The standard InChI is InChI=1S/C23H40O5.C2H4O/c1-2-3-4-6-11-19(25)12-9-10-18-15-16-21(26)20(18)13-7-5-8-14-22(27)23(28)17-24;1-2-3/h14,18-20,24-25,27H,2-13,15-17H2,1H3;2-3H,1H2/t18-,19?,20+;/m0./s1. The van der Waals surface area contributed by atoms with Gasteiger partial charge in [0.05, 0.1) is 12.4 Å². The van der Waals surface area contributed by atoms with E-state index in [1.807, 2.05) is 0 Å². The molecular weight excluding hydrogens is 396 g/mol. The highest BCUT2D eigenvalue weighted by Gasteiger charge is 2.33. The van der Waals surface area contributed by atoms with Gasteiger partial charge in [-0.2, -0.15) is 0 Å². The van der Waals surface area contributed by atoms with E-state index in [1.165, 1.54) is 25.3 Å². The largest absolute Gasteiger partial charge is 0.516 e. The van der Waals surface area contributed by atoms with E-state index in [9.17, 15) is 19.8 Å². The highest BCUT2D eigenvalue weighted by Crippen LogP contribution is 2.36. The fraction of sp³-hybridized carbons (Fsp3) is 0.760. The number of carbonyl (C=O) groups is 2. The van der Waals surface area contributed by atoms with Crippen LogP contribution in [0, 0.1) is 11.8 Å². The van der Waals surface area contributed by atoms with Crippen molar-refractivity contribution in [3.63, 3.8) is 0 Å². The van der Waals surface area contributed by atoms with E-state index in [-0.39, 0.29) is 17.8 Å². The quantitative estimate of drug-likeness (QED) is 0.146. The number of hydrogen-bond acceptors (Lipinski definition) is 6. The van der Waals surface area contributed by atoms with Crippen molar-refractivity contribution in [2.24, 2.45) is 11.8 Å². The topological polar surface area (TPSA) is 115 Å². The van der Waals surface area contributed by atoms with Crippen LogP contribution >= 0.6 is 0 Å². The fourth-order valence-corrected chi connectivity index (χ4v) is 4.23. The summed E-state index contributed by atoms with van der Waals surface area (Å²) >= 11 is 0. The van der Waals surface area contributed by atoms with E-state index in [2.05, 4.69) is 13.5 Å². The lowest BCUT2D eigenvalue weighted by molar-refractivity contribution is -0.121. The summed E-state index contributed by atoms with van der Waals surface area (Å²) in [6.45, 7) is 4.43. The molecule has 0 bridgehead atoms. The van der Waals surface area contributed by atoms with Gasteiger partial charge >= 0.3 is 0 Å². The molecule has 0 aromatic heterocycles. The summed E-state index contributed by atoms with van der Waals surface area (Å²) in [5.74, 6) is -0.0684. The summed E-state index contributed by atoms with van der Waals surface area (Å²) in [6, 6.07) is 0. The van der Waals surface area contributed by atoms with Gasteiger partial charge in [-0.3, -0.25) is 9.59 Å². The van der Waals surface area contributed by atoms with Gasteiger partial charge in [0, 0.05) is 12.3 Å². The zero-order chi connectivity index (χ0) is 23.5. The molecule has 180 valence electrons. The van der Waals surface area contributed by atoms with Crippen LogP contribution in [-0.2, 0) is 9.59 Å². The second kappa shape index (κ2) is 19.1. The molecule has 0 aromatic rings. The Labute approximate surface area is 188 Å². The minimum Gasteiger partial charge on any atom is -0.516 e. The number of allylic oxidation sites excluding steroid dienone is 1. The Morgan fingerprint density at radius 3 is 2.45 bits per heavy atom. The molecule has 6 nitrogen and oxygen atoms in total. The Morgan fingerprint density at radius 2 is 1.81 bits per heavy atom. The molecule has 3 atom stereocenters. The van der Waals surface area contributed by atoms with Crippen LogP contribution in [0.1, 0.15) is 96.8 Å². The molecule has 1 aliphatic rings. The van der Waals surface area contributed by atoms with Gasteiger partial charge < -0.3 is 20.4 Å². The van der Waals surface area contributed by atoms with Gasteiger partial charge in [-0.25, -0.2) is 0 Å². The number of Topliss-reactive ketones (excluding diaryl/α,β-unsaturated/α-hetero) is 2. The Balaban J connectivity index is 0.00000282. The first-order valence-electron chi connectivity index (χ1n) is 11.9. The van der Waals surface area contributed by atoms with E-state index in [1.54, 1.807) is 0 Å². The molecule has 0 heterocycles. The van der Waals surface area contributed by atoms with Crippen LogP contribution in [0.25, 0.3) is 0 Å². The van der Waals surface area contributed by atoms with Gasteiger partial charge in [0.15, 0.2) is 5.76 Å². The fourth-order valence-electron chi connectivity index (χ4n) is 4.23. The van der Waals surface area contributed by atoms with E-state index in [0.717, 1.165) is 64.0 Å². The number of hydrogen-bond donors (Lipinski definition) is 4. The highest BCUT2D eigenvalue weighted by molar-refractivity contribution is 5.93. The summed E-state index contributed by atoms with van der Waals surface area (Å²) in [5, 5.41) is 35.5. The van der Waals surface area contributed by atoms with Crippen LogP contribution in [0.3, 0.4) is 0 Å². The molecule has 0 aromatic carbocycles. The summed E-state index contributed by atoms with van der Waals surface area (Å²) in [7, 11) is 0. The second-order valence-electron chi connectivity index (χ2n) is 8.44. The van der Waals surface area contributed by atoms with Crippen molar-refractivity contribution in [1.29, 1.82) is 0 Å². The molecule has 0 amide bonds. The molecule has 31 heavy (non-hydrogen) atoms. The third kappa shape index (κ3) is 14.1. The number of rotatable bonds is 16. The van der Waals surface area contributed by atoms with Crippen molar-refractivity contribution in [2.75, 3.05) is 6.61 Å². The Morgan fingerprint density at radius 1 is 1.13 bits per heavy atom. The molecule has 1 unspecified atom stereocenters. The lowest BCUT2D eigenvalue weighted by atomic mass is 9.86. The number of carbonyl (C=O) groups excluding carboxylic acids is 2. The zero-order valence-electron chi connectivity index (χ0n) is 19.3. The molecule has 0 aliphatic heterocycles. The van der Waals surface area contributed by atoms with E-state index < -0.39 is 12.4 Å². The Kier molecular flexibility index (Phi) is 18.0. The van der Waals surface area contributed by atoms with Crippen molar-refractivity contribution in [1.82, 2.24) is 0 Å². The number of aliphatic hydroxyl groups is 4. The molecule has 0 spiro atoms. The lowest BCUT2D eigenvalue weighted by Crippen LogP contribution is -2.16. The number of ketones is 2. The maximum absolute atomic E-state index is 12.2. The van der Waals surface area contributed by atoms with Crippen LogP contribution in [0.2, 0.25) is 0 Å². The van der Waals surface area contributed by atoms with Crippen LogP contribution in [0.15, 0.2) is 24.7 Å². The van der Waals surface area contributed by atoms with Crippen molar-refractivity contribution in [3.05, 3.63) is 24.7 Å². The molecule has 0 saturated heterocycles. The summed E-state index contributed by atoms with van der Waals surface area (Å²) < 4.78 is 0. The first-order chi connectivity index (χ1) is 14.9. The van der Waals surface area contributed by atoms with Gasteiger partial charge in [0.1, 0.15) is 12.4 Å². The molecule has 4 N–H and O–H groups in total. The summed E-state index contributed by atoms with van der Waals surface area (Å²) in [5.41, 5.74) is 0. The van der Waals surface area contributed by atoms with Crippen molar-refractivity contribution in [3.8, 4) is 0 Å². The zero-order valence-corrected chi connectivity index (χ0v) is 19.3. The average Bonchev–Trinajstić information content (AvgIpc) is 3.10. The van der Waals surface area contributed by atoms with Crippen molar-refractivity contribution >= 4 is 11.6 Å². The predicted octanol–water partition coefficient (Wildman–Crippen LogP) is 5.33. The highest BCUT2D eigenvalue weighted by atomic mass is 16.3. The average molecular weight is 441 g/mol. The monoisotopic (exact) mass is 440 g/mol. The molecule has 1 fully saturated rings. The Bertz CT molecular complexity index is 528. The molecule has 1 rings (SSSR count). The smallest absolute Gasteiger partial charge is 0.221 e. The molecular formula is C25H44O6. The first kappa shape index (κ1) is 29.3. The van der Waals surface area contributed by atoms with E-state index in [4.69, 9.17) is 10.2 Å². The number of aliphatic hydroxyl groups excluding tert-OH is 4. The maximum atomic E-state index is 12.2. The van der Waals surface area contributed by atoms with Gasteiger partial charge in [0.25, 0.3) is 0 Å². The molecule has 6 heteroatoms. The van der Waals surface area contributed by atoms with E-state index in [0.29, 0.717) is 24.5 Å². The lowest BCUT2D eigenvalue weighted by Gasteiger charge is -2.19. The minimum absolute atomic E-state index is 0.137. The first-order valence-corrected chi connectivity index (χ1v) is 11.9. The molecule has 0 radical (unpaired) electrons. The maximum Gasteiger partial charge on any atom is 0.221 e. The molecule has 1 saturated carbocycles. The van der Waals surface area contributed by atoms with Crippen molar-refractivity contribution < 1.29 is 30.0 Å². The van der Waals surface area contributed by atoms with Crippen LogP contribution in [0.4, 0.5) is 0 Å².